The van der Waals surface area contributed by atoms with E-state index in [0.29, 0.717) is 30.7 Å². The largest absolute Gasteiger partial charge is 0.497 e. The molecule has 0 spiro atoms. The van der Waals surface area contributed by atoms with Crippen LogP contribution in [0.5, 0.6) is 5.75 Å². The van der Waals surface area contributed by atoms with Crippen molar-refractivity contribution in [2.45, 2.75) is 44.1 Å². The molecule has 1 heterocycles. The van der Waals surface area contributed by atoms with E-state index in [1.165, 1.54) is 31.2 Å². The summed E-state index contributed by atoms with van der Waals surface area (Å²) in [7, 11) is 3.45. The van der Waals surface area contributed by atoms with Crippen molar-refractivity contribution in [1.82, 2.24) is 10.2 Å². The zero-order valence-corrected chi connectivity index (χ0v) is 15.6. The first-order chi connectivity index (χ1) is 12.6. The molecule has 5 heteroatoms. The molecule has 2 saturated carbocycles. The third-order valence-electron chi connectivity index (χ3n) is 6.71. The number of fused-ring (bicyclic) bond motifs is 1. The van der Waals surface area contributed by atoms with E-state index in [9.17, 15) is 9.59 Å². The van der Waals surface area contributed by atoms with Crippen LogP contribution < -0.4 is 10.1 Å². The summed E-state index contributed by atoms with van der Waals surface area (Å²) in [4.78, 5) is 26.2. The summed E-state index contributed by atoms with van der Waals surface area (Å²) in [5.74, 6) is 2.40. The van der Waals surface area contributed by atoms with Crippen molar-refractivity contribution in [2.75, 3.05) is 20.7 Å². The molecule has 0 unspecified atom stereocenters. The van der Waals surface area contributed by atoms with Crippen molar-refractivity contribution in [1.29, 1.82) is 0 Å². The Hall–Kier alpha value is -2.04. The third kappa shape index (κ3) is 2.97. The summed E-state index contributed by atoms with van der Waals surface area (Å²) in [6.07, 6.45) is 5.34. The first-order valence-electron chi connectivity index (χ1n) is 9.76. The first kappa shape index (κ1) is 17.4. The Morgan fingerprint density at radius 3 is 2.46 bits per heavy atom. The van der Waals surface area contributed by atoms with Gasteiger partial charge in [0.25, 0.3) is 0 Å². The second kappa shape index (κ2) is 6.93. The number of hydrogen-bond donors (Lipinski definition) is 1. The van der Waals surface area contributed by atoms with Gasteiger partial charge in [0.2, 0.25) is 11.8 Å². The molecule has 5 atom stereocenters. The smallest absolute Gasteiger partial charge is 0.225 e. The summed E-state index contributed by atoms with van der Waals surface area (Å²) >= 11 is 0. The van der Waals surface area contributed by atoms with Crippen molar-refractivity contribution in [3.8, 4) is 5.75 Å². The average Bonchev–Trinajstić information content (AvgIpc) is 2.99. The summed E-state index contributed by atoms with van der Waals surface area (Å²) in [5.41, 5.74) is 1.29. The van der Waals surface area contributed by atoms with Crippen LogP contribution in [0.15, 0.2) is 24.3 Å². The zero-order valence-electron chi connectivity index (χ0n) is 15.6. The molecule has 4 rings (SSSR count). The van der Waals surface area contributed by atoms with E-state index in [1.807, 2.05) is 12.1 Å². The van der Waals surface area contributed by atoms with Crippen molar-refractivity contribution in [3.63, 3.8) is 0 Å². The lowest BCUT2D eigenvalue weighted by molar-refractivity contribution is -0.130. The first-order valence-corrected chi connectivity index (χ1v) is 9.76. The van der Waals surface area contributed by atoms with Crippen LogP contribution in [-0.2, 0) is 9.59 Å². The zero-order chi connectivity index (χ0) is 18.3. The van der Waals surface area contributed by atoms with Crippen LogP contribution in [0.2, 0.25) is 0 Å². The number of benzene rings is 1. The number of methoxy groups -OCH3 is 1. The van der Waals surface area contributed by atoms with E-state index < -0.39 is 0 Å². The van der Waals surface area contributed by atoms with Gasteiger partial charge in [-0.3, -0.25) is 9.59 Å². The Balaban J connectivity index is 1.50. The standard InChI is InChI=1S/C21H28N2O3/c1-23-12-14(11-18(23)24)21(25)22-20-17-6-4-3-5-16(17)19(20)13-7-9-15(26-2)10-8-13/h7-10,14,16-17,19-20H,3-6,11-12H2,1-2H3,(H,22,25)/t14-,16-,17-,19+,20+/m1/s1. The van der Waals surface area contributed by atoms with Crippen LogP contribution in [0, 0.1) is 17.8 Å². The molecule has 3 aliphatic rings. The van der Waals surface area contributed by atoms with Crippen LogP contribution in [0.4, 0.5) is 0 Å². The van der Waals surface area contributed by atoms with Gasteiger partial charge in [-0.05, 0) is 42.4 Å². The molecule has 0 bridgehead atoms. The summed E-state index contributed by atoms with van der Waals surface area (Å²) < 4.78 is 5.28. The molecular weight excluding hydrogens is 328 g/mol. The summed E-state index contributed by atoms with van der Waals surface area (Å²) in [5, 5.41) is 3.33. The normalized spacial score (nSPS) is 33.4. The van der Waals surface area contributed by atoms with Gasteiger partial charge < -0.3 is 15.0 Å². The molecule has 1 aromatic carbocycles. The van der Waals surface area contributed by atoms with Crippen LogP contribution in [-0.4, -0.2) is 43.5 Å². The van der Waals surface area contributed by atoms with Gasteiger partial charge in [0.1, 0.15) is 5.75 Å². The Bertz CT molecular complexity index is 687. The second-order valence-corrected chi connectivity index (χ2v) is 8.12. The minimum atomic E-state index is -0.202. The number of likely N-dealkylation sites (tertiary alicyclic amines) is 1. The lowest BCUT2D eigenvalue weighted by Gasteiger charge is -2.55. The Labute approximate surface area is 155 Å². The minimum absolute atomic E-state index is 0.0511. The maximum atomic E-state index is 12.8. The minimum Gasteiger partial charge on any atom is -0.497 e. The number of ether oxygens (including phenoxy) is 1. The molecule has 1 saturated heterocycles. The van der Waals surface area contributed by atoms with Crippen LogP contribution >= 0.6 is 0 Å². The molecule has 3 fully saturated rings. The number of carbonyl (C=O) groups is 2. The molecular formula is C21H28N2O3. The van der Waals surface area contributed by atoms with Gasteiger partial charge in [0, 0.05) is 32.0 Å². The monoisotopic (exact) mass is 356 g/mol. The van der Waals surface area contributed by atoms with Crippen molar-refractivity contribution >= 4 is 11.8 Å². The molecule has 5 nitrogen and oxygen atoms in total. The Morgan fingerprint density at radius 2 is 1.85 bits per heavy atom. The Kier molecular flexibility index (Phi) is 4.63. The number of hydrogen-bond acceptors (Lipinski definition) is 3. The molecule has 0 aromatic heterocycles. The fourth-order valence-electron chi connectivity index (χ4n) is 5.27. The van der Waals surface area contributed by atoms with Gasteiger partial charge in [0.05, 0.1) is 13.0 Å². The van der Waals surface area contributed by atoms with Crippen LogP contribution in [0.25, 0.3) is 0 Å². The molecule has 1 aromatic rings. The quantitative estimate of drug-likeness (QED) is 0.902. The van der Waals surface area contributed by atoms with Crippen LogP contribution in [0.1, 0.15) is 43.6 Å². The highest BCUT2D eigenvalue weighted by Crippen LogP contribution is 2.54. The molecule has 1 aliphatic heterocycles. The maximum Gasteiger partial charge on any atom is 0.225 e. The Morgan fingerprint density at radius 1 is 1.15 bits per heavy atom. The summed E-state index contributed by atoms with van der Waals surface area (Å²) in [6, 6.07) is 8.49. The van der Waals surface area contributed by atoms with Crippen LogP contribution in [0.3, 0.4) is 0 Å². The summed E-state index contributed by atoms with van der Waals surface area (Å²) in [6.45, 7) is 0.540. The maximum absolute atomic E-state index is 12.8. The highest BCUT2D eigenvalue weighted by molar-refractivity contribution is 5.89. The fourth-order valence-corrected chi connectivity index (χ4v) is 5.27. The SMILES string of the molecule is COc1ccc([C@H]2[C@@H]3CCCC[C@H]3[C@@H]2NC(=O)[C@@H]2CC(=O)N(C)C2)cc1. The number of nitrogens with zero attached hydrogens (tertiary/aromatic N) is 1. The predicted octanol–water partition coefficient (Wildman–Crippen LogP) is 2.56. The number of nitrogens with one attached hydrogen (secondary N) is 1. The van der Waals surface area contributed by atoms with Gasteiger partial charge in [-0.1, -0.05) is 25.0 Å². The molecule has 2 amide bonds. The van der Waals surface area contributed by atoms with Gasteiger partial charge >= 0.3 is 0 Å². The number of amides is 2. The van der Waals surface area contributed by atoms with Gasteiger partial charge in [0.15, 0.2) is 0 Å². The van der Waals surface area contributed by atoms with E-state index in [0.717, 1.165) is 5.75 Å². The second-order valence-electron chi connectivity index (χ2n) is 8.12. The lowest BCUT2D eigenvalue weighted by atomic mass is 9.53. The molecule has 2 aliphatic carbocycles. The molecule has 140 valence electrons. The van der Waals surface area contributed by atoms with Crippen molar-refractivity contribution in [2.24, 2.45) is 17.8 Å². The predicted molar refractivity (Wildman–Crippen MR) is 98.9 cm³/mol. The molecule has 26 heavy (non-hydrogen) atoms. The molecule has 1 N–H and O–H groups in total. The fraction of sp³-hybridized carbons (Fsp3) is 0.619. The average molecular weight is 356 g/mol. The van der Waals surface area contributed by atoms with E-state index in [-0.39, 0.29) is 23.8 Å². The van der Waals surface area contributed by atoms with Gasteiger partial charge in [-0.2, -0.15) is 0 Å². The van der Waals surface area contributed by atoms with Gasteiger partial charge in [-0.25, -0.2) is 0 Å². The van der Waals surface area contributed by atoms with E-state index in [2.05, 4.69) is 17.4 Å². The number of carbonyl (C=O) groups excluding carboxylic acids is 2. The highest BCUT2D eigenvalue weighted by atomic mass is 16.5. The van der Waals surface area contributed by atoms with Crippen molar-refractivity contribution < 1.29 is 14.3 Å². The third-order valence-corrected chi connectivity index (χ3v) is 6.71. The lowest BCUT2D eigenvalue weighted by Crippen LogP contribution is -2.60. The highest BCUT2D eigenvalue weighted by Gasteiger charge is 2.52. The number of rotatable bonds is 4. The van der Waals surface area contributed by atoms with E-state index in [1.54, 1.807) is 19.1 Å². The van der Waals surface area contributed by atoms with Gasteiger partial charge in [-0.15, -0.1) is 0 Å². The van der Waals surface area contributed by atoms with Crippen molar-refractivity contribution in [3.05, 3.63) is 29.8 Å². The van der Waals surface area contributed by atoms with E-state index >= 15 is 0 Å². The molecule has 0 radical (unpaired) electrons. The topological polar surface area (TPSA) is 58.6 Å². The van der Waals surface area contributed by atoms with E-state index in [4.69, 9.17) is 4.74 Å².